The van der Waals surface area contributed by atoms with Crippen LogP contribution in [0.1, 0.15) is 54.1 Å². The predicted molar refractivity (Wildman–Crippen MR) is 136 cm³/mol. The van der Waals surface area contributed by atoms with Crippen molar-refractivity contribution in [3.05, 3.63) is 45.9 Å². The Morgan fingerprint density at radius 1 is 1.14 bits per heavy atom. The normalized spacial score (nSPS) is 20.8. The van der Waals surface area contributed by atoms with E-state index in [0.29, 0.717) is 30.4 Å². The third-order valence-corrected chi connectivity index (χ3v) is 8.77. The third-order valence-electron chi connectivity index (χ3n) is 8.00. The van der Waals surface area contributed by atoms with E-state index in [0.717, 1.165) is 45.0 Å². The molecule has 0 spiro atoms. The zero-order valence-electron chi connectivity index (χ0n) is 19.6. The molecule has 2 aromatic carbocycles. The Morgan fingerprint density at radius 3 is 2.56 bits per heavy atom. The second kappa shape index (κ2) is 8.09. The molecule has 186 valence electrons. The summed E-state index contributed by atoms with van der Waals surface area (Å²) in [6, 6.07) is 9.41. The van der Waals surface area contributed by atoms with Crippen molar-refractivity contribution in [2.75, 3.05) is 6.54 Å². The van der Waals surface area contributed by atoms with Crippen LogP contribution in [-0.4, -0.2) is 45.5 Å². The van der Waals surface area contributed by atoms with Crippen LogP contribution in [0.15, 0.2) is 34.8 Å². The largest absolute Gasteiger partial charge is 0.481 e. The summed E-state index contributed by atoms with van der Waals surface area (Å²) in [5, 5.41) is 23.4. The SMILES string of the molecule is Cc1ccc2c3c(Br)c(n2C2CC2OC(=O)NCC2(C(=O)O)CCCC2)-c2cccc(c2C(=O)O)-c13. The highest BCUT2D eigenvalue weighted by molar-refractivity contribution is 9.10. The fourth-order valence-corrected chi connectivity index (χ4v) is 6.89. The minimum Gasteiger partial charge on any atom is -0.481 e. The number of ether oxygens (including phenoxy) is 1. The minimum absolute atomic E-state index is 0.0548. The number of nitrogens with zero attached hydrogens (tertiary/aromatic N) is 1. The monoisotopic (exact) mass is 552 g/mol. The molecule has 3 aliphatic rings. The van der Waals surface area contributed by atoms with Gasteiger partial charge in [-0.3, -0.25) is 4.79 Å². The van der Waals surface area contributed by atoms with Gasteiger partial charge < -0.3 is 24.8 Å². The van der Waals surface area contributed by atoms with Crippen LogP contribution in [0, 0.1) is 12.3 Å². The Bertz CT molecular complexity index is 1470. The van der Waals surface area contributed by atoms with Crippen molar-refractivity contribution in [2.24, 2.45) is 5.41 Å². The maximum Gasteiger partial charge on any atom is 0.407 e. The summed E-state index contributed by atoms with van der Waals surface area (Å²) < 4.78 is 8.60. The first-order valence-corrected chi connectivity index (χ1v) is 12.9. The number of benzene rings is 2. The number of halogens is 1. The number of alkyl carbamates (subject to hydrolysis) is 1. The van der Waals surface area contributed by atoms with Gasteiger partial charge in [-0.1, -0.05) is 37.1 Å². The molecule has 3 aromatic rings. The summed E-state index contributed by atoms with van der Waals surface area (Å²) in [6.07, 6.45) is 2.36. The van der Waals surface area contributed by atoms with Crippen molar-refractivity contribution < 1.29 is 29.3 Å². The molecule has 0 radical (unpaired) electrons. The number of hydrogen-bond acceptors (Lipinski definition) is 4. The second-order valence-electron chi connectivity index (χ2n) is 10.1. The number of fused-ring (bicyclic) bond motifs is 5. The van der Waals surface area contributed by atoms with Crippen LogP contribution < -0.4 is 5.32 Å². The van der Waals surface area contributed by atoms with Crippen LogP contribution >= 0.6 is 15.9 Å². The molecule has 2 unspecified atom stereocenters. The van der Waals surface area contributed by atoms with E-state index in [9.17, 15) is 24.6 Å². The Hall–Kier alpha value is -3.33. The lowest BCUT2D eigenvalue weighted by atomic mass is 9.86. The van der Waals surface area contributed by atoms with Crippen molar-refractivity contribution in [2.45, 2.75) is 51.2 Å². The predicted octanol–water partition coefficient (Wildman–Crippen LogP) is 5.74. The number of carboxylic acid groups (broad SMARTS) is 2. The number of rotatable bonds is 6. The first-order chi connectivity index (χ1) is 17.2. The molecular weight excluding hydrogens is 528 g/mol. The van der Waals surface area contributed by atoms with Gasteiger partial charge in [0.25, 0.3) is 0 Å². The molecule has 1 amide bonds. The average Bonchev–Trinajstić information content (AvgIpc) is 3.30. The van der Waals surface area contributed by atoms with Gasteiger partial charge in [-0.2, -0.15) is 0 Å². The molecule has 2 saturated carbocycles. The highest BCUT2D eigenvalue weighted by Crippen LogP contribution is 2.54. The van der Waals surface area contributed by atoms with Crippen molar-refractivity contribution in [3.63, 3.8) is 0 Å². The lowest BCUT2D eigenvalue weighted by molar-refractivity contribution is -0.148. The second-order valence-corrected chi connectivity index (χ2v) is 10.9. The van der Waals surface area contributed by atoms with E-state index in [1.807, 2.05) is 37.3 Å². The summed E-state index contributed by atoms with van der Waals surface area (Å²) in [6.45, 7) is 2.03. The van der Waals surface area contributed by atoms with Crippen LogP contribution in [0.25, 0.3) is 33.3 Å². The zero-order chi connectivity index (χ0) is 25.4. The number of aryl methyl sites for hydroxylation is 1. The van der Waals surface area contributed by atoms with E-state index in [1.54, 1.807) is 0 Å². The van der Waals surface area contributed by atoms with Crippen molar-refractivity contribution in [3.8, 4) is 22.4 Å². The van der Waals surface area contributed by atoms with Crippen LogP contribution in [0.4, 0.5) is 4.79 Å². The maximum absolute atomic E-state index is 12.6. The molecule has 1 heterocycles. The lowest BCUT2D eigenvalue weighted by Crippen LogP contribution is -2.41. The fourth-order valence-electron chi connectivity index (χ4n) is 6.09. The molecule has 1 aromatic heterocycles. The molecule has 36 heavy (non-hydrogen) atoms. The Balaban J connectivity index is 1.32. The van der Waals surface area contributed by atoms with Gasteiger partial charge in [0.05, 0.1) is 32.7 Å². The van der Waals surface area contributed by atoms with Gasteiger partial charge in [-0.05, 0) is 58.5 Å². The van der Waals surface area contributed by atoms with Crippen molar-refractivity contribution >= 4 is 44.9 Å². The molecule has 0 aliphatic heterocycles. The van der Waals surface area contributed by atoms with Crippen LogP contribution in [0.2, 0.25) is 0 Å². The Kier molecular flexibility index (Phi) is 5.19. The summed E-state index contributed by atoms with van der Waals surface area (Å²) in [5.74, 6) is -1.87. The van der Waals surface area contributed by atoms with E-state index in [2.05, 4.69) is 25.8 Å². The fraction of sp³-hybridized carbons (Fsp3) is 0.370. The molecule has 2 fully saturated rings. The number of carbonyl (C=O) groups excluding carboxylic acids is 1. The third kappa shape index (κ3) is 3.28. The van der Waals surface area contributed by atoms with E-state index < -0.39 is 29.6 Å². The summed E-state index contributed by atoms with van der Waals surface area (Å²) in [4.78, 5) is 36.7. The van der Waals surface area contributed by atoms with Gasteiger partial charge in [0.15, 0.2) is 0 Å². The molecular formula is C27H25BrN2O6. The topological polar surface area (TPSA) is 118 Å². The van der Waals surface area contributed by atoms with Gasteiger partial charge in [0.1, 0.15) is 6.10 Å². The van der Waals surface area contributed by atoms with Gasteiger partial charge >= 0.3 is 18.0 Å². The number of aliphatic carboxylic acids is 1. The lowest BCUT2D eigenvalue weighted by Gasteiger charge is -2.23. The summed E-state index contributed by atoms with van der Waals surface area (Å²) >= 11 is 3.77. The van der Waals surface area contributed by atoms with E-state index in [4.69, 9.17) is 4.74 Å². The zero-order valence-corrected chi connectivity index (χ0v) is 21.2. The molecule has 3 aliphatic carbocycles. The molecule has 2 atom stereocenters. The van der Waals surface area contributed by atoms with Gasteiger partial charge in [0, 0.05) is 23.9 Å². The molecule has 3 N–H and O–H groups in total. The van der Waals surface area contributed by atoms with Gasteiger partial charge in [0.2, 0.25) is 0 Å². The van der Waals surface area contributed by atoms with Crippen LogP contribution in [-0.2, 0) is 9.53 Å². The van der Waals surface area contributed by atoms with Crippen LogP contribution in [0.3, 0.4) is 0 Å². The average molecular weight is 553 g/mol. The highest BCUT2D eigenvalue weighted by Gasteiger charge is 2.47. The quantitative estimate of drug-likeness (QED) is 0.280. The smallest absolute Gasteiger partial charge is 0.407 e. The van der Waals surface area contributed by atoms with E-state index >= 15 is 0 Å². The number of nitrogens with one attached hydrogen (secondary N) is 1. The first kappa shape index (κ1) is 23.1. The molecule has 6 rings (SSSR count). The standard InChI is InChI=1S/C27H25BrN2O6/c1-13-7-8-16-21-19(13)14-5-4-6-15(20(14)24(31)32)23(22(21)28)30(16)17-11-18(17)36-26(35)29-12-27(25(33)34)9-2-3-10-27/h4-8,17-18H,2-3,9-12H2,1H3,(H,29,35)(H,31,32)(H,33,34). The van der Waals surface area contributed by atoms with Gasteiger partial charge in [-0.25, -0.2) is 9.59 Å². The van der Waals surface area contributed by atoms with E-state index in [-0.39, 0.29) is 18.2 Å². The van der Waals surface area contributed by atoms with E-state index in [1.165, 1.54) is 0 Å². The summed E-state index contributed by atoms with van der Waals surface area (Å²) in [5.41, 5.74) is 4.26. The number of hydrogen-bond donors (Lipinski definition) is 3. The number of amides is 1. The van der Waals surface area contributed by atoms with Crippen molar-refractivity contribution in [1.82, 2.24) is 9.88 Å². The number of carboxylic acids is 2. The molecule has 8 nitrogen and oxygen atoms in total. The molecule has 9 heteroatoms. The Morgan fingerprint density at radius 2 is 1.86 bits per heavy atom. The number of aromatic carboxylic acids is 1. The highest BCUT2D eigenvalue weighted by atomic mass is 79.9. The minimum atomic E-state index is -0.986. The number of aromatic nitrogens is 1. The van der Waals surface area contributed by atoms with Crippen molar-refractivity contribution in [1.29, 1.82) is 0 Å². The maximum atomic E-state index is 12.6. The van der Waals surface area contributed by atoms with Gasteiger partial charge in [-0.15, -0.1) is 0 Å². The summed E-state index contributed by atoms with van der Waals surface area (Å²) in [7, 11) is 0. The molecule has 4 bridgehead atoms. The van der Waals surface area contributed by atoms with Crippen LogP contribution in [0.5, 0.6) is 0 Å². The molecule has 0 saturated heterocycles. The number of carbonyl (C=O) groups is 3. The first-order valence-electron chi connectivity index (χ1n) is 12.1. The Labute approximate surface area is 215 Å².